The topological polar surface area (TPSA) is 163 Å². The van der Waals surface area contributed by atoms with Crippen LogP contribution in [0.4, 0.5) is 23.8 Å². The molecule has 52 heavy (non-hydrogen) atoms. The molecule has 18 heteroatoms. The number of anilines is 1. The fourth-order valence-corrected chi connectivity index (χ4v) is 7.12. The van der Waals surface area contributed by atoms with E-state index in [1.165, 1.54) is 40.0 Å². The summed E-state index contributed by atoms with van der Waals surface area (Å²) in [6.45, 7) is 2.35. The number of hydrogen-bond acceptors (Lipinski definition) is 10. The maximum absolute atomic E-state index is 14.7. The summed E-state index contributed by atoms with van der Waals surface area (Å²) >= 11 is 3.48. The predicted octanol–water partition coefficient (Wildman–Crippen LogP) is 5.77. The first-order valence-electron chi connectivity index (χ1n) is 16.1. The Kier molecular flexibility index (Phi) is 10.7. The molecule has 6 rings (SSSR count). The molecule has 1 amide bonds. The molecule has 0 saturated carbocycles. The van der Waals surface area contributed by atoms with Crippen LogP contribution in [0.5, 0.6) is 5.88 Å². The number of halogens is 4. The molecule has 0 bridgehead atoms. The number of carbonyl (C=O) groups excluding carboxylic acids is 1. The van der Waals surface area contributed by atoms with E-state index < -0.39 is 58.5 Å². The molecule has 13 nitrogen and oxygen atoms in total. The van der Waals surface area contributed by atoms with Gasteiger partial charge in [0.25, 0.3) is 0 Å². The Hall–Kier alpha value is -4.74. The molecule has 1 spiro atoms. The van der Waals surface area contributed by atoms with Crippen molar-refractivity contribution in [3.05, 3.63) is 94.5 Å². The lowest BCUT2D eigenvalue weighted by molar-refractivity contribution is -0.198. The number of piperidine rings is 1. The number of aryl methyl sites for hydroxylation is 1. The number of nitrogens with zero attached hydrogens (tertiary/aromatic N) is 6. The smallest absolute Gasteiger partial charge is 0.429 e. The molecular weight excluding hydrogens is 729 g/mol. The number of aromatic nitrogens is 4. The van der Waals surface area contributed by atoms with Crippen LogP contribution in [0.1, 0.15) is 48.0 Å². The minimum Gasteiger partial charge on any atom is -0.772 e. The van der Waals surface area contributed by atoms with Crippen LogP contribution in [0, 0.1) is 12.3 Å². The Balaban J connectivity index is 1.23. The van der Waals surface area contributed by atoms with E-state index >= 15 is 0 Å². The zero-order valence-corrected chi connectivity index (χ0v) is 29.2. The van der Waals surface area contributed by atoms with Crippen LogP contribution in [0.15, 0.2) is 66.9 Å². The number of ether oxygens (including phenoxy) is 2. The van der Waals surface area contributed by atoms with Gasteiger partial charge < -0.3 is 24.0 Å². The number of likely N-dealkylation sites (tertiary alicyclic amines) is 1. The maximum atomic E-state index is 14.7. The van der Waals surface area contributed by atoms with Crippen LogP contribution >= 0.6 is 11.6 Å². The van der Waals surface area contributed by atoms with Gasteiger partial charge in [-0.15, -0.1) is 0 Å². The zero-order valence-electron chi connectivity index (χ0n) is 27.7. The first kappa shape index (κ1) is 37.0. The van der Waals surface area contributed by atoms with Crippen molar-refractivity contribution >= 4 is 40.6 Å². The molecule has 2 aromatic heterocycles. The normalized spacial score (nSPS) is 18.3. The molecule has 2 fully saturated rings. The van der Waals surface area contributed by atoms with Gasteiger partial charge in [-0.1, -0.05) is 48.0 Å². The highest BCUT2D eigenvalue weighted by Crippen LogP contribution is 2.45. The Morgan fingerprint density at radius 2 is 1.85 bits per heavy atom. The van der Waals surface area contributed by atoms with Crippen LogP contribution in [-0.4, -0.2) is 82.4 Å². The fourth-order valence-electron chi connectivity index (χ4n) is 6.61. The quantitative estimate of drug-likeness (QED) is 0.195. The molecule has 2 aromatic carbocycles. The van der Waals surface area contributed by atoms with Crippen molar-refractivity contribution in [2.45, 2.75) is 56.9 Å². The lowest BCUT2D eigenvalue weighted by Crippen LogP contribution is -2.43. The highest BCUT2D eigenvalue weighted by atomic mass is 35.5. The molecule has 2 aliphatic rings. The standard InChI is InChI=1S/C34H34ClF3N6O7S/c1-21-9-12-44(41-21)25-15-23(35)7-8-24(25)30(34(36,37)38)51-29-16-28(39-27(40-29)19-52(48)49)42-13-10-33(11-14-42)17-26(31(45)46)43(20-33)32(47)50-18-22-5-3-2-4-6-22/h2-9,12,15-16,26,30H,10-11,13-14,17-20H2,1H3,(H,45,46)(H,48,49)/p-1/t26?,30-/m1/s1. The van der Waals surface area contributed by atoms with E-state index in [4.69, 9.17) is 21.1 Å². The Labute approximate surface area is 303 Å². The fraction of sp³-hybridized carbons (Fsp3) is 0.382. The third-order valence-corrected chi connectivity index (χ3v) is 9.87. The zero-order chi connectivity index (χ0) is 37.2. The van der Waals surface area contributed by atoms with Crippen molar-refractivity contribution in [2.24, 2.45) is 5.41 Å². The Morgan fingerprint density at radius 3 is 2.48 bits per heavy atom. The molecule has 2 aliphatic heterocycles. The van der Waals surface area contributed by atoms with Crippen molar-refractivity contribution in [2.75, 3.05) is 24.5 Å². The second kappa shape index (κ2) is 15.1. The van der Waals surface area contributed by atoms with Crippen molar-refractivity contribution < 1.29 is 46.1 Å². The number of amides is 1. The van der Waals surface area contributed by atoms with Gasteiger partial charge in [0.1, 0.15) is 24.3 Å². The molecule has 3 atom stereocenters. The van der Waals surface area contributed by atoms with E-state index in [1.807, 2.05) is 6.07 Å². The van der Waals surface area contributed by atoms with Gasteiger partial charge in [0.2, 0.25) is 12.0 Å². The Morgan fingerprint density at radius 1 is 1.12 bits per heavy atom. The van der Waals surface area contributed by atoms with Crippen molar-refractivity contribution in [3.63, 3.8) is 0 Å². The maximum Gasteiger partial charge on any atom is 0.429 e. The van der Waals surface area contributed by atoms with Crippen molar-refractivity contribution in [3.8, 4) is 11.6 Å². The summed E-state index contributed by atoms with van der Waals surface area (Å²) in [4.78, 5) is 36.6. The van der Waals surface area contributed by atoms with E-state index in [-0.39, 0.29) is 60.6 Å². The lowest BCUT2D eigenvalue weighted by Gasteiger charge is -2.39. The van der Waals surface area contributed by atoms with E-state index in [9.17, 15) is 36.6 Å². The molecule has 0 radical (unpaired) electrons. The van der Waals surface area contributed by atoms with Crippen LogP contribution in [-0.2, 0) is 33.0 Å². The van der Waals surface area contributed by atoms with Gasteiger partial charge in [0.05, 0.1) is 17.1 Å². The van der Waals surface area contributed by atoms with Gasteiger partial charge in [0.15, 0.2) is 0 Å². The summed E-state index contributed by atoms with van der Waals surface area (Å²) in [6, 6.07) is 14.5. The first-order chi connectivity index (χ1) is 24.7. The predicted molar refractivity (Wildman–Crippen MR) is 181 cm³/mol. The summed E-state index contributed by atoms with van der Waals surface area (Å²) in [7, 11) is 0. The number of rotatable bonds is 10. The van der Waals surface area contributed by atoms with Crippen LogP contribution in [0.2, 0.25) is 5.02 Å². The number of benzene rings is 2. The van der Waals surface area contributed by atoms with Gasteiger partial charge >= 0.3 is 18.2 Å². The van der Waals surface area contributed by atoms with Gasteiger partial charge in [-0.3, -0.25) is 9.11 Å². The lowest BCUT2D eigenvalue weighted by atomic mass is 9.76. The van der Waals surface area contributed by atoms with Gasteiger partial charge in [-0.25, -0.2) is 19.3 Å². The number of carboxylic acid groups (broad SMARTS) is 1. The van der Waals surface area contributed by atoms with Gasteiger partial charge in [-0.05, 0) is 66.4 Å². The molecule has 276 valence electrons. The number of alkyl halides is 3. The van der Waals surface area contributed by atoms with E-state index in [1.54, 1.807) is 42.2 Å². The third-order valence-electron chi connectivity index (χ3n) is 9.14. The number of hydrogen-bond donors (Lipinski definition) is 1. The molecule has 4 heterocycles. The third kappa shape index (κ3) is 8.48. The van der Waals surface area contributed by atoms with Crippen molar-refractivity contribution in [1.82, 2.24) is 24.6 Å². The van der Waals surface area contributed by atoms with Crippen molar-refractivity contribution in [1.29, 1.82) is 0 Å². The van der Waals surface area contributed by atoms with E-state index in [2.05, 4.69) is 15.1 Å². The van der Waals surface area contributed by atoms with Crippen LogP contribution < -0.4 is 9.64 Å². The SMILES string of the molecule is Cc1ccn(-c2cc(Cl)ccc2[C@@H](Oc2cc(N3CCC4(CC3)CC(C(=O)O)N(C(=O)OCc3ccccc3)C4)nc(CS(=O)[O-])n2)C(F)(F)F)n1. The average Bonchev–Trinajstić information content (AvgIpc) is 3.70. The molecule has 4 aromatic rings. The minimum absolute atomic E-state index is 0.0185. The summed E-state index contributed by atoms with van der Waals surface area (Å²) in [5, 5.41) is 14.4. The van der Waals surface area contributed by atoms with E-state index in [0.29, 0.717) is 18.5 Å². The van der Waals surface area contributed by atoms with Crippen LogP contribution in [0.3, 0.4) is 0 Å². The molecule has 0 aliphatic carbocycles. The highest BCUT2D eigenvalue weighted by molar-refractivity contribution is 7.78. The summed E-state index contributed by atoms with van der Waals surface area (Å²) in [5.41, 5.74) is 0.445. The number of carbonyl (C=O) groups is 2. The average molecular weight is 762 g/mol. The second-order valence-corrected chi connectivity index (χ2v) is 14.1. The summed E-state index contributed by atoms with van der Waals surface area (Å²) in [6.07, 6.45) is -5.76. The highest BCUT2D eigenvalue weighted by Gasteiger charge is 2.51. The van der Waals surface area contributed by atoms with Gasteiger partial charge in [0, 0.05) is 42.5 Å². The molecule has 2 saturated heterocycles. The molecule has 2 unspecified atom stereocenters. The second-order valence-electron chi connectivity index (χ2n) is 12.8. The number of carboxylic acids is 1. The first-order valence-corrected chi connectivity index (χ1v) is 17.8. The van der Waals surface area contributed by atoms with Gasteiger partial charge in [-0.2, -0.15) is 23.3 Å². The summed E-state index contributed by atoms with van der Waals surface area (Å²) < 4.78 is 79.7. The van der Waals surface area contributed by atoms with E-state index in [0.717, 1.165) is 5.56 Å². The minimum atomic E-state index is -4.95. The monoisotopic (exact) mass is 761 g/mol. The molecule has 1 N–H and O–H groups in total. The molecular formula is C34H33ClF3N6O7S-. The van der Waals surface area contributed by atoms with Crippen LogP contribution in [0.25, 0.3) is 5.69 Å². The Bertz CT molecular complexity index is 1960. The number of aliphatic carboxylic acids is 1. The largest absolute Gasteiger partial charge is 0.772 e. The summed E-state index contributed by atoms with van der Waals surface area (Å²) in [5.74, 6) is -2.50.